The average molecular weight is 208 g/mol. The van der Waals surface area contributed by atoms with E-state index in [0.29, 0.717) is 0 Å². The van der Waals surface area contributed by atoms with Crippen molar-refractivity contribution in [2.45, 2.75) is 26.2 Å². The second-order valence-electron chi connectivity index (χ2n) is 4.34. The molecule has 1 aromatic heterocycles. The smallest absolute Gasteiger partial charge is 0.214 e. The number of aromatic nitrogens is 1. The molecule has 3 heteroatoms. The van der Waals surface area contributed by atoms with Crippen LogP contribution in [0.5, 0.6) is 0 Å². The number of rotatable bonds is 1. The summed E-state index contributed by atoms with van der Waals surface area (Å²) in [7, 11) is 0. The zero-order valence-corrected chi connectivity index (χ0v) is 9.12. The third-order valence-electron chi connectivity index (χ3n) is 3.04. The first-order chi connectivity index (χ1) is 7.25. The van der Waals surface area contributed by atoms with Gasteiger partial charge in [-0.2, -0.15) is 4.39 Å². The van der Waals surface area contributed by atoms with Gasteiger partial charge in [0.25, 0.3) is 0 Å². The Morgan fingerprint density at radius 1 is 1.33 bits per heavy atom. The Kier molecular flexibility index (Phi) is 3.19. The Balaban J connectivity index is 2.09. The molecule has 1 atom stereocenters. The molecule has 1 aliphatic rings. The zero-order valence-electron chi connectivity index (χ0n) is 9.12. The average Bonchev–Trinajstić information content (AvgIpc) is 2.43. The van der Waals surface area contributed by atoms with E-state index in [0.717, 1.165) is 24.8 Å². The number of pyridine rings is 1. The van der Waals surface area contributed by atoms with Crippen LogP contribution in [-0.2, 0) is 0 Å². The molecule has 0 N–H and O–H groups in total. The predicted octanol–water partition coefficient (Wildman–Crippen LogP) is 2.85. The fraction of sp³-hybridized carbons (Fsp3) is 0.583. The molecular weight excluding hydrogens is 191 g/mol. The number of halogens is 1. The molecule has 0 aromatic carbocycles. The lowest BCUT2D eigenvalue weighted by atomic mass is 10.0. The van der Waals surface area contributed by atoms with Crippen LogP contribution in [0.15, 0.2) is 18.2 Å². The molecule has 1 fully saturated rings. The first kappa shape index (κ1) is 10.4. The highest BCUT2D eigenvalue weighted by molar-refractivity contribution is 5.37. The number of nitrogens with zero attached hydrogens (tertiary/aromatic N) is 2. The summed E-state index contributed by atoms with van der Waals surface area (Å²) in [6, 6.07) is 5.01. The van der Waals surface area contributed by atoms with E-state index in [1.54, 1.807) is 6.07 Å². The van der Waals surface area contributed by atoms with Crippen LogP contribution in [0.1, 0.15) is 26.2 Å². The monoisotopic (exact) mass is 208 g/mol. The van der Waals surface area contributed by atoms with E-state index in [-0.39, 0.29) is 5.95 Å². The Morgan fingerprint density at radius 2 is 2.20 bits per heavy atom. The second kappa shape index (κ2) is 4.60. The van der Waals surface area contributed by atoms with Gasteiger partial charge in [-0.25, -0.2) is 4.98 Å². The van der Waals surface area contributed by atoms with Gasteiger partial charge in [0.15, 0.2) is 0 Å². The SMILES string of the molecule is CC1CCCN(c2cccc(F)n2)CC1. The molecule has 2 nitrogen and oxygen atoms in total. The van der Waals surface area contributed by atoms with Crippen LogP contribution in [0, 0.1) is 11.9 Å². The summed E-state index contributed by atoms with van der Waals surface area (Å²) in [6.07, 6.45) is 3.63. The molecule has 1 saturated heterocycles. The van der Waals surface area contributed by atoms with E-state index in [2.05, 4.69) is 16.8 Å². The lowest BCUT2D eigenvalue weighted by Gasteiger charge is -2.21. The van der Waals surface area contributed by atoms with Crippen molar-refractivity contribution in [2.24, 2.45) is 5.92 Å². The number of hydrogen-bond donors (Lipinski definition) is 0. The normalized spacial score (nSPS) is 22.5. The van der Waals surface area contributed by atoms with Crippen molar-refractivity contribution in [3.63, 3.8) is 0 Å². The van der Waals surface area contributed by atoms with Gasteiger partial charge < -0.3 is 4.90 Å². The van der Waals surface area contributed by atoms with Crippen molar-refractivity contribution in [2.75, 3.05) is 18.0 Å². The summed E-state index contributed by atoms with van der Waals surface area (Å²) < 4.78 is 13.0. The van der Waals surface area contributed by atoms with Gasteiger partial charge in [0.2, 0.25) is 5.95 Å². The summed E-state index contributed by atoms with van der Waals surface area (Å²) in [5, 5.41) is 0. The summed E-state index contributed by atoms with van der Waals surface area (Å²) in [4.78, 5) is 6.11. The Hall–Kier alpha value is -1.12. The van der Waals surface area contributed by atoms with E-state index < -0.39 is 0 Å². The lowest BCUT2D eigenvalue weighted by Crippen LogP contribution is -2.25. The van der Waals surface area contributed by atoms with Gasteiger partial charge >= 0.3 is 0 Å². The standard InChI is InChI=1S/C12H17FN2/c1-10-4-3-8-15(9-7-10)12-6-2-5-11(13)14-12/h2,5-6,10H,3-4,7-9H2,1H3. The molecule has 0 spiro atoms. The summed E-state index contributed by atoms with van der Waals surface area (Å²) in [5.74, 6) is 1.18. The van der Waals surface area contributed by atoms with Gasteiger partial charge in [-0.3, -0.25) is 0 Å². The fourth-order valence-corrected chi connectivity index (χ4v) is 2.07. The van der Waals surface area contributed by atoms with Gasteiger partial charge in [-0.05, 0) is 37.3 Å². The largest absolute Gasteiger partial charge is 0.357 e. The van der Waals surface area contributed by atoms with Gasteiger partial charge in [-0.15, -0.1) is 0 Å². The molecule has 0 saturated carbocycles. The lowest BCUT2D eigenvalue weighted by molar-refractivity contribution is 0.520. The van der Waals surface area contributed by atoms with E-state index in [1.807, 2.05) is 6.07 Å². The zero-order chi connectivity index (χ0) is 10.7. The Labute approximate surface area is 90.1 Å². The van der Waals surface area contributed by atoms with Crippen molar-refractivity contribution in [1.29, 1.82) is 0 Å². The third kappa shape index (κ3) is 2.67. The summed E-state index contributed by atoms with van der Waals surface area (Å²) in [5.41, 5.74) is 0. The molecule has 2 heterocycles. The van der Waals surface area contributed by atoms with E-state index >= 15 is 0 Å². The molecule has 0 bridgehead atoms. The number of hydrogen-bond acceptors (Lipinski definition) is 2. The van der Waals surface area contributed by atoms with Crippen LogP contribution in [-0.4, -0.2) is 18.1 Å². The maximum Gasteiger partial charge on any atom is 0.214 e. The van der Waals surface area contributed by atoms with Crippen molar-refractivity contribution >= 4 is 5.82 Å². The summed E-state index contributed by atoms with van der Waals surface area (Å²) >= 11 is 0. The summed E-state index contributed by atoms with van der Waals surface area (Å²) in [6.45, 7) is 4.28. The van der Waals surface area contributed by atoms with Crippen molar-refractivity contribution in [3.8, 4) is 0 Å². The molecule has 1 unspecified atom stereocenters. The van der Waals surface area contributed by atoms with Gasteiger partial charge in [0.1, 0.15) is 5.82 Å². The molecular formula is C12H17FN2. The van der Waals surface area contributed by atoms with Gasteiger partial charge in [-0.1, -0.05) is 13.0 Å². The molecule has 1 aromatic rings. The highest BCUT2D eigenvalue weighted by Crippen LogP contribution is 2.20. The van der Waals surface area contributed by atoms with Crippen molar-refractivity contribution in [3.05, 3.63) is 24.1 Å². The predicted molar refractivity (Wildman–Crippen MR) is 59.4 cm³/mol. The molecule has 0 radical (unpaired) electrons. The Bertz CT molecular complexity index is 327. The minimum atomic E-state index is -0.384. The molecule has 1 aliphatic heterocycles. The van der Waals surface area contributed by atoms with E-state index in [4.69, 9.17) is 0 Å². The Morgan fingerprint density at radius 3 is 3.00 bits per heavy atom. The topological polar surface area (TPSA) is 16.1 Å². The fourth-order valence-electron chi connectivity index (χ4n) is 2.07. The molecule has 82 valence electrons. The maximum absolute atomic E-state index is 13.0. The van der Waals surface area contributed by atoms with Crippen LogP contribution in [0.25, 0.3) is 0 Å². The first-order valence-corrected chi connectivity index (χ1v) is 5.63. The maximum atomic E-state index is 13.0. The third-order valence-corrected chi connectivity index (χ3v) is 3.04. The number of anilines is 1. The van der Waals surface area contributed by atoms with Crippen LogP contribution in [0.3, 0.4) is 0 Å². The van der Waals surface area contributed by atoms with E-state index in [1.165, 1.54) is 25.3 Å². The molecule has 0 amide bonds. The first-order valence-electron chi connectivity index (χ1n) is 5.63. The highest BCUT2D eigenvalue weighted by atomic mass is 19.1. The highest BCUT2D eigenvalue weighted by Gasteiger charge is 2.14. The van der Waals surface area contributed by atoms with Gasteiger partial charge in [0.05, 0.1) is 0 Å². The van der Waals surface area contributed by atoms with Crippen LogP contribution in [0.2, 0.25) is 0 Å². The van der Waals surface area contributed by atoms with Crippen LogP contribution >= 0.6 is 0 Å². The minimum absolute atomic E-state index is 0.384. The van der Waals surface area contributed by atoms with Crippen LogP contribution in [0.4, 0.5) is 10.2 Å². The molecule has 2 rings (SSSR count). The minimum Gasteiger partial charge on any atom is -0.357 e. The van der Waals surface area contributed by atoms with Crippen molar-refractivity contribution < 1.29 is 4.39 Å². The molecule has 15 heavy (non-hydrogen) atoms. The van der Waals surface area contributed by atoms with Crippen molar-refractivity contribution in [1.82, 2.24) is 4.98 Å². The quantitative estimate of drug-likeness (QED) is 0.660. The van der Waals surface area contributed by atoms with Crippen LogP contribution < -0.4 is 4.90 Å². The molecule has 0 aliphatic carbocycles. The van der Waals surface area contributed by atoms with Gasteiger partial charge in [0, 0.05) is 13.1 Å². The van der Waals surface area contributed by atoms with E-state index in [9.17, 15) is 4.39 Å². The second-order valence-corrected chi connectivity index (χ2v) is 4.34.